The molecule has 1 aromatic rings. The van der Waals surface area contributed by atoms with E-state index in [1.165, 1.54) is 6.20 Å². The molecule has 1 amide bonds. The normalized spacial score (nSPS) is 21.5. The molecule has 2 heterocycles. The van der Waals surface area contributed by atoms with Gasteiger partial charge in [-0.05, 0) is 37.9 Å². The fourth-order valence-corrected chi connectivity index (χ4v) is 2.36. The lowest BCUT2D eigenvalue weighted by molar-refractivity contribution is 0.0737. The van der Waals surface area contributed by atoms with Crippen LogP contribution >= 0.6 is 36.4 Å². The highest BCUT2D eigenvalue weighted by atomic mass is 35.5. The van der Waals surface area contributed by atoms with E-state index < -0.39 is 0 Å². The van der Waals surface area contributed by atoms with E-state index >= 15 is 0 Å². The number of aromatic nitrogens is 1. The van der Waals surface area contributed by atoms with Crippen LogP contribution in [-0.4, -0.2) is 34.9 Å². The number of pyridine rings is 1. The van der Waals surface area contributed by atoms with Gasteiger partial charge in [0.25, 0.3) is 5.91 Å². The van der Waals surface area contributed by atoms with Crippen molar-refractivity contribution in [2.45, 2.75) is 19.4 Å². The molecule has 108 valence electrons. The van der Waals surface area contributed by atoms with Crippen LogP contribution in [0.5, 0.6) is 0 Å². The Hall–Kier alpha value is -0.550. The number of rotatable bonds is 2. The summed E-state index contributed by atoms with van der Waals surface area (Å²) in [5.41, 5.74) is 6.09. The molecule has 0 aliphatic carbocycles. The molecule has 2 rings (SSSR count). The Morgan fingerprint density at radius 2 is 2.21 bits per heavy atom. The second-order valence-electron chi connectivity index (χ2n) is 4.51. The van der Waals surface area contributed by atoms with Gasteiger partial charge in [0.15, 0.2) is 0 Å². The quantitative estimate of drug-likeness (QED) is 0.908. The first-order valence-corrected chi connectivity index (χ1v) is 6.12. The minimum atomic E-state index is -0.0369. The smallest absolute Gasteiger partial charge is 0.272 e. The molecule has 1 aliphatic rings. The average molecular weight is 327 g/mol. The average Bonchev–Trinajstić information content (AvgIpc) is 2.71. The number of amides is 1. The molecule has 1 aromatic heterocycles. The maximum absolute atomic E-state index is 12.2. The van der Waals surface area contributed by atoms with Crippen molar-refractivity contribution in [2.24, 2.45) is 11.7 Å². The fourth-order valence-electron chi connectivity index (χ4n) is 2.25. The number of carbonyl (C=O) groups is 1. The summed E-state index contributed by atoms with van der Waals surface area (Å²) < 4.78 is 0. The van der Waals surface area contributed by atoms with E-state index in [-0.39, 0.29) is 36.8 Å². The zero-order valence-electron chi connectivity index (χ0n) is 10.6. The van der Waals surface area contributed by atoms with Gasteiger partial charge < -0.3 is 10.6 Å². The van der Waals surface area contributed by atoms with Gasteiger partial charge in [-0.1, -0.05) is 11.6 Å². The van der Waals surface area contributed by atoms with Crippen LogP contribution in [0.4, 0.5) is 0 Å². The largest absolute Gasteiger partial charge is 0.334 e. The highest BCUT2D eigenvalue weighted by Crippen LogP contribution is 2.23. The van der Waals surface area contributed by atoms with Crippen LogP contribution in [0.2, 0.25) is 5.02 Å². The summed E-state index contributed by atoms with van der Waals surface area (Å²) in [6.07, 6.45) is 2.46. The molecule has 2 N–H and O–H groups in total. The Morgan fingerprint density at radius 3 is 2.68 bits per heavy atom. The van der Waals surface area contributed by atoms with Crippen molar-refractivity contribution in [1.29, 1.82) is 0 Å². The van der Waals surface area contributed by atoms with Crippen molar-refractivity contribution >= 4 is 42.3 Å². The molecule has 19 heavy (non-hydrogen) atoms. The van der Waals surface area contributed by atoms with Crippen molar-refractivity contribution < 1.29 is 4.79 Å². The number of likely N-dealkylation sites (tertiary alicyclic amines) is 1. The molecule has 7 heteroatoms. The Kier molecular flexibility index (Phi) is 7.67. The minimum Gasteiger partial charge on any atom is -0.334 e. The molecule has 0 saturated carbocycles. The SMILES string of the molecule is CC1CC(CN)CN1C(=O)c1ccc(Cl)cn1.Cl.Cl. The summed E-state index contributed by atoms with van der Waals surface area (Å²) in [6.45, 7) is 3.40. The van der Waals surface area contributed by atoms with Gasteiger partial charge >= 0.3 is 0 Å². The first-order valence-electron chi connectivity index (χ1n) is 5.74. The van der Waals surface area contributed by atoms with E-state index in [0.717, 1.165) is 13.0 Å². The molecule has 2 unspecified atom stereocenters. The number of carbonyl (C=O) groups excluding carboxylic acids is 1. The van der Waals surface area contributed by atoms with Gasteiger partial charge in [0, 0.05) is 18.8 Å². The van der Waals surface area contributed by atoms with E-state index in [9.17, 15) is 4.79 Å². The van der Waals surface area contributed by atoms with Crippen molar-refractivity contribution in [3.8, 4) is 0 Å². The first kappa shape index (κ1) is 18.4. The summed E-state index contributed by atoms with van der Waals surface area (Å²) in [5.74, 6) is 0.367. The van der Waals surface area contributed by atoms with Crippen LogP contribution in [0.25, 0.3) is 0 Å². The second-order valence-corrected chi connectivity index (χ2v) is 4.94. The number of nitrogens with zero attached hydrogens (tertiary/aromatic N) is 2. The standard InChI is InChI=1S/C12H16ClN3O.2ClH/c1-8-4-9(5-14)7-16(8)12(17)11-3-2-10(13)6-15-11;;/h2-3,6,8-9H,4-5,7,14H2,1H3;2*1H. The van der Waals surface area contributed by atoms with Crippen LogP contribution in [0.1, 0.15) is 23.8 Å². The third-order valence-electron chi connectivity index (χ3n) is 3.20. The predicted molar refractivity (Wildman–Crippen MR) is 81.4 cm³/mol. The van der Waals surface area contributed by atoms with Crippen molar-refractivity contribution in [2.75, 3.05) is 13.1 Å². The van der Waals surface area contributed by atoms with Gasteiger partial charge in [-0.2, -0.15) is 0 Å². The molecular weight excluding hydrogens is 309 g/mol. The highest BCUT2D eigenvalue weighted by molar-refractivity contribution is 6.30. The second kappa shape index (κ2) is 7.90. The molecule has 4 nitrogen and oxygen atoms in total. The van der Waals surface area contributed by atoms with E-state index in [1.54, 1.807) is 12.1 Å². The van der Waals surface area contributed by atoms with Gasteiger partial charge in [0.1, 0.15) is 5.69 Å². The Balaban J connectivity index is 0.00000162. The minimum absolute atomic E-state index is 0. The summed E-state index contributed by atoms with van der Waals surface area (Å²) in [5, 5.41) is 0.538. The number of nitrogens with two attached hydrogens (primary N) is 1. The molecule has 0 aromatic carbocycles. The van der Waals surface area contributed by atoms with Crippen molar-refractivity contribution in [3.05, 3.63) is 29.0 Å². The summed E-state index contributed by atoms with van der Waals surface area (Å²) >= 11 is 5.75. The van der Waals surface area contributed by atoms with Crippen LogP contribution < -0.4 is 5.73 Å². The Bertz CT molecular complexity index is 413. The number of hydrogen-bond acceptors (Lipinski definition) is 3. The molecule has 0 bridgehead atoms. The van der Waals surface area contributed by atoms with Gasteiger partial charge in [0.05, 0.1) is 5.02 Å². The molecule has 0 radical (unpaired) electrons. The monoisotopic (exact) mass is 325 g/mol. The highest BCUT2D eigenvalue weighted by Gasteiger charge is 2.32. The van der Waals surface area contributed by atoms with Crippen LogP contribution in [0.15, 0.2) is 18.3 Å². The van der Waals surface area contributed by atoms with E-state index in [2.05, 4.69) is 4.98 Å². The van der Waals surface area contributed by atoms with Crippen LogP contribution in [-0.2, 0) is 0 Å². The van der Waals surface area contributed by atoms with E-state index in [0.29, 0.717) is 23.2 Å². The zero-order valence-corrected chi connectivity index (χ0v) is 13.0. The van der Waals surface area contributed by atoms with E-state index in [1.807, 2.05) is 11.8 Å². The van der Waals surface area contributed by atoms with Crippen LogP contribution in [0.3, 0.4) is 0 Å². The predicted octanol–water partition coefficient (Wildman–Crippen LogP) is 2.39. The molecule has 2 atom stereocenters. The molecule has 0 spiro atoms. The topological polar surface area (TPSA) is 59.2 Å². The summed E-state index contributed by atoms with van der Waals surface area (Å²) in [7, 11) is 0. The number of hydrogen-bond donors (Lipinski definition) is 1. The maximum atomic E-state index is 12.2. The third kappa shape index (κ3) is 4.21. The maximum Gasteiger partial charge on any atom is 0.272 e. The molecule has 1 saturated heterocycles. The Morgan fingerprint density at radius 1 is 1.53 bits per heavy atom. The van der Waals surface area contributed by atoms with Crippen molar-refractivity contribution in [1.82, 2.24) is 9.88 Å². The molecule has 1 fully saturated rings. The lowest BCUT2D eigenvalue weighted by Crippen LogP contribution is -2.34. The summed E-state index contributed by atoms with van der Waals surface area (Å²) in [4.78, 5) is 18.1. The van der Waals surface area contributed by atoms with Gasteiger partial charge in [-0.15, -0.1) is 24.8 Å². The van der Waals surface area contributed by atoms with Gasteiger partial charge in [-0.3, -0.25) is 4.79 Å². The van der Waals surface area contributed by atoms with E-state index in [4.69, 9.17) is 17.3 Å². The Labute approximate surface area is 130 Å². The first-order chi connectivity index (χ1) is 8.11. The van der Waals surface area contributed by atoms with Crippen molar-refractivity contribution in [3.63, 3.8) is 0 Å². The lowest BCUT2D eigenvalue weighted by atomic mass is 10.1. The molecule has 1 aliphatic heterocycles. The van der Waals surface area contributed by atoms with Gasteiger partial charge in [0.2, 0.25) is 0 Å². The fraction of sp³-hybridized carbons (Fsp3) is 0.500. The summed E-state index contributed by atoms with van der Waals surface area (Å²) in [6, 6.07) is 3.57. The third-order valence-corrected chi connectivity index (χ3v) is 3.43. The zero-order chi connectivity index (χ0) is 12.4. The lowest BCUT2D eigenvalue weighted by Gasteiger charge is -2.20. The molecular formula is C12H18Cl3N3O. The number of halogens is 3. The van der Waals surface area contributed by atoms with Crippen LogP contribution in [0, 0.1) is 5.92 Å². The van der Waals surface area contributed by atoms with Gasteiger partial charge in [-0.25, -0.2) is 4.98 Å².